The van der Waals surface area contributed by atoms with E-state index in [0.29, 0.717) is 10.7 Å². The van der Waals surface area contributed by atoms with Crippen LogP contribution in [0.15, 0.2) is 30.5 Å². The van der Waals surface area contributed by atoms with Gasteiger partial charge in [0.15, 0.2) is 5.13 Å². The molecule has 2 aromatic rings. The van der Waals surface area contributed by atoms with Crippen molar-refractivity contribution in [2.45, 2.75) is 0 Å². The third-order valence-electron chi connectivity index (χ3n) is 2.36. The molecule has 0 saturated heterocycles. The highest BCUT2D eigenvalue weighted by atomic mass is 32.1. The van der Waals surface area contributed by atoms with Gasteiger partial charge in [-0.3, -0.25) is 10.1 Å². The van der Waals surface area contributed by atoms with E-state index in [0.717, 1.165) is 10.4 Å². The molecule has 19 heavy (non-hydrogen) atoms. The Labute approximate surface area is 113 Å². The van der Waals surface area contributed by atoms with E-state index in [1.54, 1.807) is 31.4 Å². The smallest absolute Gasteiger partial charge is 0.410 e. The quantitative estimate of drug-likeness (QED) is 0.802. The van der Waals surface area contributed by atoms with Crippen molar-refractivity contribution < 1.29 is 14.7 Å². The zero-order valence-electron chi connectivity index (χ0n) is 10.0. The third-order valence-corrected chi connectivity index (χ3v) is 3.32. The van der Waals surface area contributed by atoms with E-state index in [1.165, 1.54) is 11.3 Å². The van der Waals surface area contributed by atoms with Crippen molar-refractivity contribution in [1.29, 1.82) is 0 Å². The normalized spacial score (nSPS) is 9.95. The lowest BCUT2D eigenvalue weighted by Crippen LogP contribution is -2.17. The van der Waals surface area contributed by atoms with Gasteiger partial charge in [0.2, 0.25) is 0 Å². The van der Waals surface area contributed by atoms with Gasteiger partial charge in [0, 0.05) is 18.8 Å². The largest absolute Gasteiger partial charge is 0.465 e. The SMILES string of the molecule is CNC(=O)c1cccc(-c2cnc(NC(=O)O)s2)c1. The monoisotopic (exact) mass is 277 g/mol. The molecule has 0 atom stereocenters. The second-order valence-electron chi connectivity index (χ2n) is 3.62. The summed E-state index contributed by atoms with van der Waals surface area (Å²) in [6.45, 7) is 0. The second-order valence-corrected chi connectivity index (χ2v) is 4.65. The number of nitrogens with zero attached hydrogens (tertiary/aromatic N) is 1. The van der Waals surface area contributed by atoms with Crippen LogP contribution in [-0.2, 0) is 0 Å². The van der Waals surface area contributed by atoms with Gasteiger partial charge in [0.25, 0.3) is 5.91 Å². The summed E-state index contributed by atoms with van der Waals surface area (Å²) in [5.41, 5.74) is 1.36. The summed E-state index contributed by atoms with van der Waals surface area (Å²) < 4.78 is 0. The van der Waals surface area contributed by atoms with Gasteiger partial charge in [-0.2, -0.15) is 0 Å². The molecule has 0 unspecified atom stereocenters. The van der Waals surface area contributed by atoms with E-state index in [1.807, 2.05) is 6.07 Å². The maximum absolute atomic E-state index is 11.5. The molecule has 0 radical (unpaired) electrons. The van der Waals surface area contributed by atoms with Gasteiger partial charge in [-0.05, 0) is 17.7 Å². The number of amides is 2. The van der Waals surface area contributed by atoms with E-state index in [9.17, 15) is 9.59 Å². The summed E-state index contributed by atoms with van der Waals surface area (Å²) in [5.74, 6) is -0.171. The van der Waals surface area contributed by atoms with Gasteiger partial charge in [0.1, 0.15) is 0 Å². The van der Waals surface area contributed by atoms with Gasteiger partial charge in [0.05, 0.1) is 4.88 Å². The zero-order valence-corrected chi connectivity index (χ0v) is 10.8. The molecule has 0 aliphatic carbocycles. The van der Waals surface area contributed by atoms with Crippen LogP contribution in [0.25, 0.3) is 10.4 Å². The average Bonchev–Trinajstić information content (AvgIpc) is 2.85. The molecule has 1 aromatic heterocycles. The number of aromatic nitrogens is 1. The van der Waals surface area contributed by atoms with Crippen molar-refractivity contribution in [3.05, 3.63) is 36.0 Å². The van der Waals surface area contributed by atoms with Crippen LogP contribution in [0.5, 0.6) is 0 Å². The number of hydrogen-bond donors (Lipinski definition) is 3. The molecule has 0 spiro atoms. The van der Waals surface area contributed by atoms with Crippen molar-refractivity contribution >= 4 is 28.5 Å². The molecule has 2 amide bonds. The summed E-state index contributed by atoms with van der Waals surface area (Å²) in [7, 11) is 1.57. The molecule has 0 aliphatic heterocycles. The molecule has 0 bridgehead atoms. The molecule has 0 saturated carbocycles. The minimum atomic E-state index is -1.15. The van der Waals surface area contributed by atoms with Gasteiger partial charge in [-0.15, -0.1) is 0 Å². The zero-order chi connectivity index (χ0) is 13.8. The Morgan fingerprint density at radius 2 is 2.16 bits per heavy atom. The van der Waals surface area contributed by atoms with Crippen LogP contribution in [0.2, 0.25) is 0 Å². The van der Waals surface area contributed by atoms with Crippen LogP contribution in [0.4, 0.5) is 9.93 Å². The van der Waals surface area contributed by atoms with Crippen molar-refractivity contribution in [3.63, 3.8) is 0 Å². The maximum atomic E-state index is 11.5. The number of thiazole rings is 1. The summed E-state index contributed by atoms with van der Waals surface area (Å²) in [4.78, 5) is 26.8. The highest BCUT2D eigenvalue weighted by Gasteiger charge is 2.09. The fourth-order valence-corrected chi connectivity index (χ4v) is 2.32. The van der Waals surface area contributed by atoms with Crippen LogP contribution in [0.1, 0.15) is 10.4 Å². The molecule has 98 valence electrons. The number of hydrogen-bond acceptors (Lipinski definition) is 4. The molecule has 0 fully saturated rings. The van der Waals surface area contributed by atoms with Crippen molar-refractivity contribution in [3.8, 4) is 10.4 Å². The lowest BCUT2D eigenvalue weighted by molar-refractivity contribution is 0.0963. The maximum Gasteiger partial charge on any atom is 0.410 e. The van der Waals surface area contributed by atoms with Gasteiger partial charge < -0.3 is 10.4 Å². The Morgan fingerprint density at radius 1 is 1.37 bits per heavy atom. The van der Waals surface area contributed by atoms with Crippen molar-refractivity contribution in [1.82, 2.24) is 10.3 Å². The minimum Gasteiger partial charge on any atom is -0.465 e. The molecular weight excluding hydrogens is 266 g/mol. The topological polar surface area (TPSA) is 91.3 Å². The first-order valence-electron chi connectivity index (χ1n) is 5.38. The summed E-state index contributed by atoms with van der Waals surface area (Å²) in [5, 5.41) is 13.6. The minimum absolute atomic E-state index is 0.171. The van der Waals surface area contributed by atoms with Crippen LogP contribution < -0.4 is 10.6 Å². The molecule has 0 aliphatic rings. The predicted octanol–water partition coefficient (Wildman–Crippen LogP) is 2.26. The number of benzene rings is 1. The molecule has 2 rings (SSSR count). The Balaban J connectivity index is 2.29. The molecular formula is C12H11N3O3S. The first-order valence-corrected chi connectivity index (χ1v) is 6.20. The number of carbonyl (C=O) groups excluding carboxylic acids is 1. The summed E-state index contributed by atoms with van der Waals surface area (Å²) >= 11 is 1.21. The molecule has 3 N–H and O–H groups in total. The van der Waals surface area contributed by atoms with Crippen LogP contribution in [-0.4, -0.2) is 29.1 Å². The van der Waals surface area contributed by atoms with Crippen molar-refractivity contribution in [2.24, 2.45) is 0 Å². The van der Waals surface area contributed by atoms with Crippen LogP contribution in [0, 0.1) is 0 Å². The van der Waals surface area contributed by atoms with Gasteiger partial charge in [-0.25, -0.2) is 9.78 Å². The van der Waals surface area contributed by atoms with Crippen LogP contribution in [0.3, 0.4) is 0 Å². The molecule has 1 heterocycles. The number of nitrogens with one attached hydrogen (secondary N) is 2. The first-order chi connectivity index (χ1) is 9.10. The number of carboxylic acid groups (broad SMARTS) is 1. The van der Waals surface area contributed by atoms with E-state index >= 15 is 0 Å². The predicted molar refractivity (Wildman–Crippen MR) is 72.6 cm³/mol. The van der Waals surface area contributed by atoms with E-state index < -0.39 is 6.09 Å². The molecule has 6 nitrogen and oxygen atoms in total. The fourth-order valence-electron chi connectivity index (χ4n) is 1.51. The lowest BCUT2D eigenvalue weighted by atomic mass is 10.1. The summed E-state index contributed by atoms with van der Waals surface area (Å²) in [6.07, 6.45) is 0.416. The molecule has 7 heteroatoms. The number of carbonyl (C=O) groups is 2. The lowest BCUT2D eigenvalue weighted by Gasteiger charge is -2.01. The van der Waals surface area contributed by atoms with E-state index in [-0.39, 0.29) is 5.91 Å². The Morgan fingerprint density at radius 3 is 2.84 bits per heavy atom. The standard InChI is InChI=1S/C12H11N3O3S/c1-13-10(16)8-4-2-3-7(5-8)9-6-14-11(19-9)15-12(17)18/h2-6H,1H3,(H,13,16)(H,14,15)(H,17,18). The molecule has 1 aromatic carbocycles. The Hall–Kier alpha value is -2.41. The van der Waals surface area contributed by atoms with E-state index in [2.05, 4.69) is 15.6 Å². The number of rotatable bonds is 3. The van der Waals surface area contributed by atoms with Gasteiger partial charge >= 0.3 is 6.09 Å². The third kappa shape index (κ3) is 3.08. The fraction of sp³-hybridized carbons (Fsp3) is 0.0833. The van der Waals surface area contributed by atoms with Crippen LogP contribution >= 0.6 is 11.3 Å². The average molecular weight is 277 g/mol. The summed E-state index contributed by atoms with van der Waals surface area (Å²) in [6, 6.07) is 7.05. The van der Waals surface area contributed by atoms with E-state index in [4.69, 9.17) is 5.11 Å². The number of anilines is 1. The first kappa shape index (κ1) is 13.0. The van der Waals surface area contributed by atoms with Gasteiger partial charge in [-0.1, -0.05) is 23.5 Å². The Bertz CT molecular complexity index is 624. The second kappa shape index (κ2) is 5.49. The highest BCUT2D eigenvalue weighted by molar-refractivity contribution is 7.19. The Kier molecular flexibility index (Phi) is 3.76. The highest BCUT2D eigenvalue weighted by Crippen LogP contribution is 2.29. The van der Waals surface area contributed by atoms with Crippen molar-refractivity contribution in [2.75, 3.05) is 12.4 Å².